The molecule has 2 aliphatic heterocycles. The molecule has 4 aliphatic rings. The Hall–Kier alpha value is -0.200. The van der Waals surface area contributed by atoms with E-state index in [0.29, 0.717) is 17.9 Å². The Bertz CT molecular complexity index is 436. The van der Waals surface area contributed by atoms with Crippen LogP contribution in [0.25, 0.3) is 0 Å². The Kier molecular flexibility index (Phi) is 2.88. The number of nitrogens with two attached hydrogens (primary N) is 3. The predicted octanol–water partition coefficient (Wildman–Crippen LogP) is -0.452. The van der Waals surface area contributed by atoms with Crippen LogP contribution in [0.15, 0.2) is 0 Å². The first kappa shape index (κ1) is 14.4. The van der Waals surface area contributed by atoms with Gasteiger partial charge in [0.15, 0.2) is 0 Å². The van der Waals surface area contributed by atoms with Crippen molar-refractivity contribution in [3.8, 4) is 0 Å². The SMILES string of the molecule is CC1CC2(N)CN(C3CC4CN(C)CC4(N)C3)CC2(N)C1. The molecule has 0 spiro atoms. The molecular formula is C16H31N5. The van der Waals surface area contributed by atoms with Crippen molar-refractivity contribution in [1.82, 2.24) is 9.80 Å². The minimum atomic E-state index is -0.178. The number of nitrogens with zero attached hydrogens (tertiary/aromatic N) is 2. The van der Waals surface area contributed by atoms with Crippen molar-refractivity contribution < 1.29 is 0 Å². The first-order chi connectivity index (χ1) is 9.73. The van der Waals surface area contributed by atoms with E-state index in [1.807, 2.05) is 0 Å². The van der Waals surface area contributed by atoms with Crippen LogP contribution in [0.1, 0.15) is 32.6 Å². The minimum Gasteiger partial charge on any atom is -0.324 e. The number of hydrogen-bond donors (Lipinski definition) is 3. The summed E-state index contributed by atoms with van der Waals surface area (Å²) in [5.41, 5.74) is 19.8. The number of likely N-dealkylation sites (tertiary alicyclic amines) is 2. The van der Waals surface area contributed by atoms with E-state index >= 15 is 0 Å². The molecule has 2 saturated heterocycles. The Morgan fingerprint density at radius 2 is 1.57 bits per heavy atom. The molecule has 0 aromatic rings. The second kappa shape index (κ2) is 4.20. The Morgan fingerprint density at radius 3 is 2.14 bits per heavy atom. The topological polar surface area (TPSA) is 84.5 Å². The van der Waals surface area contributed by atoms with Gasteiger partial charge in [-0.05, 0) is 44.6 Å². The summed E-state index contributed by atoms with van der Waals surface area (Å²) >= 11 is 0. The summed E-state index contributed by atoms with van der Waals surface area (Å²) < 4.78 is 0. The second-order valence-corrected chi connectivity index (χ2v) is 8.95. The van der Waals surface area contributed by atoms with Gasteiger partial charge in [0, 0.05) is 48.8 Å². The van der Waals surface area contributed by atoms with E-state index in [4.69, 9.17) is 17.2 Å². The highest BCUT2D eigenvalue weighted by molar-refractivity contribution is 5.22. The lowest BCUT2D eigenvalue weighted by Crippen LogP contribution is -2.61. The van der Waals surface area contributed by atoms with E-state index in [0.717, 1.165) is 45.4 Å². The van der Waals surface area contributed by atoms with Gasteiger partial charge in [-0.3, -0.25) is 4.90 Å². The average molecular weight is 293 g/mol. The first-order valence-corrected chi connectivity index (χ1v) is 8.52. The molecule has 5 unspecified atom stereocenters. The molecule has 6 N–H and O–H groups in total. The highest BCUT2D eigenvalue weighted by atomic mass is 15.3. The van der Waals surface area contributed by atoms with Crippen LogP contribution in [0.5, 0.6) is 0 Å². The van der Waals surface area contributed by atoms with Gasteiger partial charge < -0.3 is 22.1 Å². The molecule has 5 atom stereocenters. The van der Waals surface area contributed by atoms with Crippen molar-refractivity contribution >= 4 is 0 Å². The van der Waals surface area contributed by atoms with E-state index in [-0.39, 0.29) is 16.6 Å². The number of rotatable bonds is 1. The zero-order valence-corrected chi connectivity index (χ0v) is 13.5. The molecule has 4 rings (SSSR count). The third-order valence-electron chi connectivity index (χ3n) is 6.99. The van der Waals surface area contributed by atoms with Crippen molar-refractivity contribution in [2.24, 2.45) is 29.0 Å². The third kappa shape index (κ3) is 1.94. The van der Waals surface area contributed by atoms with Crippen molar-refractivity contribution in [3.05, 3.63) is 0 Å². The second-order valence-electron chi connectivity index (χ2n) is 8.95. The average Bonchev–Trinajstić information content (AvgIpc) is 2.89. The lowest BCUT2D eigenvalue weighted by atomic mass is 9.85. The van der Waals surface area contributed by atoms with Crippen LogP contribution in [0, 0.1) is 11.8 Å². The van der Waals surface area contributed by atoms with E-state index in [2.05, 4.69) is 23.8 Å². The molecule has 2 saturated carbocycles. The molecule has 0 radical (unpaired) electrons. The summed E-state index contributed by atoms with van der Waals surface area (Å²) in [6.07, 6.45) is 4.49. The molecule has 0 amide bonds. The van der Waals surface area contributed by atoms with E-state index < -0.39 is 0 Å². The fraction of sp³-hybridized carbons (Fsp3) is 1.00. The van der Waals surface area contributed by atoms with Crippen LogP contribution >= 0.6 is 0 Å². The Balaban J connectivity index is 1.49. The predicted molar refractivity (Wildman–Crippen MR) is 84.7 cm³/mol. The normalized spacial score (nSPS) is 57.9. The standard InChI is InChI=1S/C16H31N5/c1-11-4-15(18)9-21(10-16(15,19)5-11)13-3-12-7-20(2)8-14(12,17)6-13/h11-13H,3-10,17-19H2,1-2H3. The number of likely N-dealkylation sites (N-methyl/N-ethyl adjacent to an activating group) is 1. The highest BCUT2D eigenvalue weighted by Gasteiger charge is 2.61. The van der Waals surface area contributed by atoms with Gasteiger partial charge in [0.25, 0.3) is 0 Å². The quantitative estimate of drug-likeness (QED) is 0.610. The maximum absolute atomic E-state index is 6.71. The van der Waals surface area contributed by atoms with Crippen LogP contribution in [0.3, 0.4) is 0 Å². The zero-order chi connectivity index (χ0) is 15.0. The maximum atomic E-state index is 6.71. The largest absolute Gasteiger partial charge is 0.324 e. The highest BCUT2D eigenvalue weighted by Crippen LogP contribution is 2.48. The number of hydrogen-bond acceptors (Lipinski definition) is 5. The van der Waals surface area contributed by atoms with Gasteiger partial charge in [-0.25, -0.2) is 0 Å². The van der Waals surface area contributed by atoms with Crippen LogP contribution in [-0.4, -0.2) is 65.7 Å². The van der Waals surface area contributed by atoms with Gasteiger partial charge in [-0.15, -0.1) is 0 Å². The summed E-state index contributed by atoms with van der Waals surface area (Å²) in [5.74, 6) is 1.31. The molecule has 120 valence electrons. The summed E-state index contributed by atoms with van der Waals surface area (Å²) in [6, 6.07) is 0.593. The molecule has 21 heavy (non-hydrogen) atoms. The first-order valence-electron chi connectivity index (χ1n) is 8.52. The molecule has 0 aromatic heterocycles. The van der Waals surface area contributed by atoms with Gasteiger partial charge in [0.1, 0.15) is 0 Å². The molecule has 0 aromatic carbocycles. The number of fused-ring (bicyclic) bond motifs is 2. The summed E-state index contributed by atoms with van der Waals surface area (Å²) in [5, 5.41) is 0. The molecule has 5 heteroatoms. The monoisotopic (exact) mass is 293 g/mol. The summed E-state index contributed by atoms with van der Waals surface area (Å²) in [7, 11) is 2.19. The van der Waals surface area contributed by atoms with Crippen LogP contribution < -0.4 is 17.2 Å². The molecule has 2 aliphatic carbocycles. The molecule has 4 fully saturated rings. The van der Waals surface area contributed by atoms with Crippen LogP contribution in [-0.2, 0) is 0 Å². The zero-order valence-electron chi connectivity index (χ0n) is 13.5. The Labute approximate surface area is 128 Å². The van der Waals surface area contributed by atoms with E-state index in [9.17, 15) is 0 Å². The van der Waals surface area contributed by atoms with E-state index in [1.54, 1.807) is 0 Å². The summed E-state index contributed by atoms with van der Waals surface area (Å²) in [4.78, 5) is 4.97. The van der Waals surface area contributed by atoms with Gasteiger partial charge in [-0.2, -0.15) is 0 Å². The summed E-state index contributed by atoms with van der Waals surface area (Å²) in [6.45, 7) is 6.42. The fourth-order valence-corrected chi connectivity index (χ4v) is 6.13. The smallest absolute Gasteiger partial charge is 0.0481 e. The Morgan fingerprint density at radius 1 is 0.952 bits per heavy atom. The molecule has 0 bridgehead atoms. The van der Waals surface area contributed by atoms with E-state index in [1.165, 1.54) is 6.42 Å². The van der Waals surface area contributed by atoms with Crippen LogP contribution in [0.2, 0.25) is 0 Å². The lowest BCUT2D eigenvalue weighted by Gasteiger charge is -2.32. The van der Waals surface area contributed by atoms with Crippen LogP contribution in [0.4, 0.5) is 0 Å². The molecular weight excluding hydrogens is 262 g/mol. The van der Waals surface area contributed by atoms with Crippen molar-refractivity contribution in [1.29, 1.82) is 0 Å². The van der Waals surface area contributed by atoms with Gasteiger partial charge in [-0.1, -0.05) is 6.92 Å². The van der Waals surface area contributed by atoms with Gasteiger partial charge in [0.05, 0.1) is 0 Å². The fourth-order valence-electron chi connectivity index (χ4n) is 6.13. The molecule has 2 heterocycles. The van der Waals surface area contributed by atoms with Crippen molar-refractivity contribution in [3.63, 3.8) is 0 Å². The van der Waals surface area contributed by atoms with Crippen molar-refractivity contribution in [2.45, 2.75) is 55.3 Å². The van der Waals surface area contributed by atoms with Gasteiger partial charge >= 0.3 is 0 Å². The third-order valence-corrected chi connectivity index (χ3v) is 6.99. The molecule has 5 nitrogen and oxygen atoms in total. The van der Waals surface area contributed by atoms with Gasteiger partial charge in [0.2, 0.25) is 0 Å². The van der Waals surface area contributed by atoms with Crippen molar-refractivity contribution in [2.75, 3.05) is 33.2 Å². The lowest BCUT2D eigenvalue weighted by molar-refractivity contribution is 0.197. The minimum absolute atomic E-state index is 0.0218. The maximum Gasteiger partial charge on any atom is 0.0481 e.